The Bertz CT molecular complexity index is 791. The zero-order valence-corrected chi connectivity index (χ0v) is 17.1. The Hall–Kier alpha value is -2.26. The van der Waals surface area contributed by atoms with Crippen LogP contribution in [0.2, 0.25) is 5.02 Å². The highest BCUT2D eigenvalue weighted by atomic mass is 35.5. The number of halogens is 1. The third-order valence-corrected chi connectivity index (χ3v) is 5.19. The quantitative estimate of drug-likeness (QED) is 0.525. The molecular formula is C17H23ClN6O2S. The van der Waals surface area contributed by atoms with Gasteiger partial charge >= 0.3 is 0 Å². The zero-order chi connectivity index (χ0) is 20.0. The maximum Gasteiger partial charge on any atom is 0.242 e. The Kier molecular flexibility index (Phi) is 7.49. The van der Waals surface area contributed by atoms with Crippen molar-refractivity contribution in [2.24, 2.45) is 0 Å². The van der Waals surface area contributed by atoms with Crippen LogP contribution in [0, 0.1) is 0 Å². The molecule has 0 aliphatic rings. The van der Waals surface area contributed by atoms with Crippen LogP contribution in [0.5, 0.6) is 0 Å². The molecule has 0 saturated heterocycles. The van der Waals surface area contributed by atoms with Gasteiger partial charge in [0.05, 0.1) is 12.3 Å². The topological polar surface area (TPSA) is 97.4 Å². The molecule has 0 saturated carbocycles. The fraction of sp³-hybridized carbons (Fsp3) is 0.412. The zero-order valence-electron chi connectivity index (χ0n) is 15.6. The average molecular weight is 411 g/mol. The van der Waals surface area contributed by atoms with E-state index in [1.165, 1.54) is 21.3 Å². The number of aromatic nitrogens is 3. The predicted octanol–water partition coefficient (Wildman–Crippen LogP) is 1.73. The van der Waals surface area contributed by atoms with Crippen LogP contribution in [-0.4, -0.2) is 68.9 Å². The maximum absolute atomic E-state index is 12.3. The Morgan fingerprint density at radius 3 is 2.37 bits per heavy atom. The Morgan fingerprint density at radius 2 is 1.78 bits per heavy atom. The van der Waals surface area contributed by atoms with E-state index in [2.05, 4.69) is 10.2 Å². The van der Waals surface area contributed by atoms with Gasteiger partial charge in [0.25, 0.3) is 0 Å². The van der Waals surface area contributed by atoms with Crippen LogP contribution in [0.25, 0.3) is 11.4 Å². The van der Waals surface area contributed by atoms with E-state index in [1.54, 1.807) is 36.2 Å². The summed E-state index contributed by atoms with van der Waals surface area (Å²) in [5, 5.41) is 9.13. The minimum Gasteiger partial charge on any atom is -0.342 e. The van der Waals surface area contributed by atoms with Gasteiger partial charge in [0.1, 0.15) is 0 Å². The summed E-state index contributed by atoms with van der Waals surface area (Å²) in [6.07, 6.45) is 0. The maximum atomic E-state index is 12.3. The van der Waals surface area contributed by atoms with Crippen LogP contribution in [0.1, 0.15) is 13.8 Å². The lowest BCUT2D eigenvalue weighted by Crippen LogP contribution is -2.41. The molecule has 1 aromatic heterocycles. The minimum absolute atomic E-state index is 0.0480. The molecule has 0 unspecified atom stereocenters. The van der Waals surface area contributed by atoms with Gasteiger partial charge in [-0.3, -0.25) is 9.59 Å². The first kappa shape index (κ1) is 21.0. The number of carbonyl (C=O) groups excluding carboxylic acids is 2. The van der Waals surface area contributed by atoms with Gasteiger partial charge in [0, 0.05) is 30.7 Å². The first-order valence-corrected chi connectivity index (χ1v) is 9.84. The van der Waals surface area contributed by atoms with Crippen LogP contribution in [-0.2, 0) is 9.59 Å². The molecular weight excluding hydrogens is 388 g/mol. The predicted molar refractivity (Wildman–Crippen MR) is 107 cm³/mol. The van der Waals surface area contributed by atoms with Crippen molar-refractivity contribution in [3.05, 3.63) is 29.3 Å². The number of hydrogen-bond donors (Lipinski definition) is 1. The normalized spacial score (nSPS) is 10.7. The van der Waals surface area contributed by atoms with E-state index in [4.69, 9.17) is 17.4 Å². The number of benzene rings is 1. The molecule has 8 nitrogen and oxygen atoms in total. The molecule has 2 rings (SSSR count). The molecule has 0 aliphatic heterocycles. The lowest BCUT2D eigenvalue weighted by atomic mass is 10.2. The van der Waals surface area contributed by atoms with Crippen molar-refractivity contribution in [2.75, 3.05) is 38.3 Å². The number of rotatable bonds is 8. The Morgan fingerprint density at radius 1 is 1.15 bits per heavy atom. The summed E-state index contributed by atoms with van der Waals surface area (Å²) < 4.78 is 1.34. The van der Waals surface area contributed by atoms with Crippen molar-refractivity contribution in [1.29, 1.82) is 0 Å². The van der Waals surface area contributed by atoms with Crippen molar-refractivity contribution in [3.63, 3.8) is 0 Å². The van der Waals surface area contributed by atoms with E-state index in [1.807, 2.05) is 13.8 Å². The van der Waals surface area contributed by atoms with Crippen LogP contribution in [0.3, 0.4) is 0 Å². The van der Waals surface area contributed by atoms with Crippen molar-refractivity contribution < 1.29 is 9.59 Å². The molecule has 1 heterocycles. The smallest absolute Gasteiger partial charge is 0.242 e. The number of nitrogens with two attached hydrogens (primary N) is 1. The monoisotopic (exact) mass is 410 g/mol. The Balaban J connectivity index is 1.95. The Labute approximate surface area is 167 Å². The molecule has 27 heavy (non-hydrogen) atoms. The van der Waals surface area contributed by atoms with Gasteiger partial charge in [-0.05, 0) is 38.1 Å². The molecule has 0 radical (unpaired) electrons. The lowest BCUT2D eigenvalue weighted by Gasteiger charge is -2.23. The van der Waals surface area contributed by atoms with Crippen molar-refractivity contribution in [3.8, 4) is 11.4 Å². The van der Waals surface area contributed by atoms with E-state index < -0.39 is 0 Å². The van der Waals surface area contributed by atoms with E-state index in [0.717, 1.165) is 5.56 Å². The molecule has 2 aromatic rings. The molecule has 2 amide bonds. The summed E-state index contributed by atoms with van der Waals surface area (Å²) in [5.74, 6) is 6.37. The number of amides is 2. The summed E-state index contributed by atoms with van der Waals surface area (Å²) in [6, 6.07) is 7.07. The lowest BCUT2D eigenvalue weighted by molar-refractivity contribution is -0.137. The third-order valence-electron chi connectivity index (χ3n) is 4.01. The number of carbonyl (C=O) groups is 2. The highest BCUT2D eigenvalue weighted by Crippen LogP contribution is 2.23. The number of thioether (sulfide) groups is 1. The fourth-order valence-electron chi connectivity index (χ4n) is 2.38. The summed E-state index contributed by atoms with van der Waals surface area (Å²) in [6.45, 7) is 5.11. The van der Waals surface area contributed by atoms with Crippen LogP contribution in [0.15, 0.2) is 29.4 Å². The van der Waals surface area contributed by atoms with Gasteiger partial charge in [0.15, 0.2) is 5.82 Å². The van der Waals surface area contributed by atoms with E-state index in [-0.39, 0.29) is 24.1 Å². The number of nitrogens with zero attached hydrogens (tertiary/aromatic N) is 5. The molecule has 1 aromatic carbocycles. The summed E-state index contributed by atoms with van der Waals surface area (Å²) >= 11 is 7.06. The van der Waals surface area contributed by atoms with E-state index in [0.29, 0.717) is 29.1 Å². The molecule has 0 fully saturated rings. The van der Waals surface area contributed by atoms with Gasteiger partial charge in [-0.25, -0.2) is 4.68 Å². The highest BCUT2D eigenvalue weighted by Gasteiger charge is 2.18. The summed E-state index contributed by atoms with van der Waals surface area (Å²) in [7, 11) is 1.61. The standard InChI is InChI=1S/C17H23ClN6O2S/c1-4-23(5-2)14(25)10-22(3)15(26)11-27-17-21-20-16(24(17)19)12-6-8-13(18)9-7-12/h6-9H,4-5,10-11,19H2,1-3H3. The van der Waals surface area contributed by atoms with Crippen molar-refractivity contribution in [1.82, 2.24) is 24.7 Å². The van der Waals surface area contributed by atoms with Crippen LogP contribution < -0.4 is 5.84 Å². The highest BCUT2D eigenvalue weighted by molar-refractivity contribution is 7.99. The van der Waals surface area contributed by atoms with Gasteiger partial charge < -0.3 is 15.6 Å². The van der Waals surface area contributed by atoms with E-state index in [9.17, 15) is 9.59 Å². The molecule has 0 atom stereocenters. The second-order valence-electron chi connectivity index (χ2n) is 5.79. The minimum atomic E-state index is -0.184. The average Bonchev–Trinajstić information content (AvgIpc) is 3.02. The summed E-state index contributed by atoms with van der Waals surface area (Å²) in [4.78, 5) is 27.5. The molecule has 0 bridgehead atoms. The number of nitrogen functional groups attached to an aromatic ring is 1. The first-order valence-electron chi connectivity index (χ1n) is 8.48. The second-order valence-corrected chi connectivity index (χ2v) is 7.17. The number of likely N-dealkylation sites (N-methyl/N-ethyl adjacent to an activating group) is 2. The van der Waals surface area contributed by atoms with Crippen molar-refractivity contribution >= 4 is 35.2 Å². The van der Waals surface area contributed by atoms with E-state index >= 15 is 0 Å². The second kappa shape index (κ2) is 9.61. The van der Waals surface area contributed by atoms with Crippen LogP contribution >= 0.6 is 23.4 Å². The molecule has 0 spiro atoms. The van der Waals surface area contributed by atoms with Crippen molar-refractivity contribution in [2.45, 2.75) is 19.0 Å². The molecule has 146 valence electrons. The van der Waals surface area contributed by atoms with Gasteiger partial charge in [0.2, 0.25) is 17.0 Å². The SMILES string of the molecule is CCN(CC)C(=O)CN(C)C(=O)CSc1nnc(-c2ccc(Cl)cc2)n1N. The van der Waals surface area contributed by atoms with Gasteiger partial charge in [-0.2, -0.15) is 0 Å². The molecule has 0 aliphatic carbocycles. The summed E-state index contributed by atoms with van der Waals surface area (Å²) in [5.41, 5.74) is 0.773. The van der Waals surface area contributed by atoms with Crippen LogP contribution in [0.4, 0.5) is 0 Å². The fourth-order valence-corrected chi connectivity index (χ4v) is 3.30. The first-order chi connectivity index (χ1) is 12.9. The number of hydrogen-bond acceptors (Lipinski definition) is 6. The molecule has 10 heteroatoms. The molecule has 2 N–H and O–H groups in total. The van der Waals surface area contributed by atoms with Gasteiger partial charge in [-0.15, -0.1) is 10.2 Å². The third kappa shape index (κ3) is 5.36. The van der Waals surface area contributed by atoms with Gasteiger partial charge in [-0.1, -0.05) is 23.4 Å². The largest absolute Gasteiger partial charge is 0.342 e.